The predicted molar refractivity (Wildman–Crippen MR) is 142 cm³/mol. The molecule has 0 saturated carbocycles. The van der Waals surface area contributed by atoms with Crippen LogP contribution in [0.5, 0.6) is 11.5 Å². The molecule has 0 unspecified atom stereocenters. The fourth-order valence-corrected chi connectivity index (χ4v) is 3.69. The minimum Gasteiger partial charge on any atom is -0.493 e. The number of benzene rings is 3. The number of aromatic nitrogens is 1. The average Bonchev–Trinajstić information content (AvgIpc) is 2.94. The Hall–Kier alpha value is -5.38. The molecular formula is C28H24N4O6. The Bertz CT molecular complexity index is 1580. The summed E-state index contributed by atoms with van der Waals surface area (Å²) in [7, 11) is 2.93. The van der Waals surface area contributed by atoms with E-state index in [0.29, 0.717) is 17.2 Å². The fraction of sp³-hybridized carbons (Fsp3) is 0.0714. The van der Waals surface area contributed by atoms with E-state index in [9.17, 15) is 19.2 Å². The first kappa shape index (κ1) is 25.7. The molecule has 0 saturated heterocycles. The van der Waals surface area contributed by atoms with Crippen molar-refractivity contribution in [2.75, 3.05) is 24.9 Å². The third-order valence-corrected chi connectivity index (χ3v) is 5.65. The molecule has 4 rings (SSSR count). The molecular weight excluding hydrogens is 488 g/mol. The van der Waals surface area contributed by atoms with Crippen LogP contribution in [0.4, 0.5) is 11.4 Å². The number of para-hydroxylation sites is 1. The first-order valence-electron chi connectivity index (χ1n) is 11.4. The van der Waals surface area contributed by atoms with Crippen LogP contribution in [0.3, 0.4) is 0 Å². The van der Waals surface area contributed by atoms with Crippen LogP contribution in [0, 0.1) is 0 Å². The molecule has 0 spiro atoms. The quantitative estimate of drug-likeness (QED) is 0.330. The van der Waals surface area contributed by atoms with Crippen LogP contribution in [0.25, 0.3) is 5.69 Å². The smallest absolute Gasteiger partial charge is 0.257 e. The number of anilines is 2. The number of nitrogens with zero attached hydrogens (tertiary/aromatic N) is 1. The minimum atomic E-state index is -0.709. The lowest BCUT2D eigenvalue weighted by molar-refractivity contribution is 0.0996. The number of hydrogen-bond acceptors (Lipinski definition) is 6. The number of hydrogen-bond donors (Lipinski definition) is 3. The number of primary amides is 1. The number of rotatable bonds is 8. The van der Waals surface area contributed by atoms with Crippen LogP contribution in [0.1, 0.15) is 31.1 Å². The second-order valence-corrected chi connectivity index (χ2v) is 8.06. The molecule has 4 aromatic rings. The number of nitrogens with one attached hydrogen (secondary N) is 2. The number of pyridine rings is 1. The van der Waals surface area contributed by atoms with E-state index in [-0.39, 0.29) is 33.6 Å². The van der Waals surface area contributed by atoms with E-state index in [1.165, 1.54) is 61.4 Å². The van der Waals surface area contributed by atoms with E-state index in [1.54, 1.807) is 36.4 Å². The monoisotopic (exact) mass is 512 g/mol. The fourth-order valence-electron chi connectivity index (χ4n) is 3.69. The van der Waals surface area contributed by atoms with Gasteiger partial charge < -0.3 is 25.8 Å². The van der Waals surface area contributed by atoms with Crippen molar-refractivity contribution in [2.45, 2.75) is 0 Å². The van der Waals surface area contributed by atoms with Gasteiger partial charge in [0.15, 0.2) is 11.5 Å². The lowest BCUT2D eigenvalue weighted by Gasteiger charge is -2.15. The molecule has 0 fully saturated rings. The standard InChI is InChI=1S/C28H24N4O6/c1-37-23-12-9-18(15-24(23)38-2)27(35)31-22-14-17(26(29)34)8-11-21(22)30-28(36)19-10-13-25(33)32(16-19)20-6-4-3-5-7-20/h3-16H,1-2H3,(H2,29,34)(H,30,36)(H,31,35). The Kier molecular flexibility index (Phi) is 7.53. The molecule has 0 aliphatic rings. The summed E-state index contributed by atoms with van der Waals surface area (Å²) in [6.07, 6.45) is 1.42. The summed E-state index contributed by atoms with van der Waals surface area (Å²) in [6, 6.07) is 20.4. The number of amides is 3. The number of carbonyl (C=O) groups is 3. The molecule has 1 aromatic heterocycles. The van der Waals surface area contributed by atoms with Crippen molar-refractivity contribution in [3.05, 3.63) is 112 Å². The largest absolute Gasteiger partial charge is 0.493 e. The van der Waals surface area contributed by atoms with E-state index in [2.05, 4.69) is 10.6 Å². The summed E-state index contributed by atoms with van der Waals surface area (Å²) in [5.74, 6) is -0.971. The van der Waals surface area contributed by atoms with Crippen LogP contribution in [0.15, 0.2) is 89.9 Å². The molecule has 3 amide bonds. The molecule has 0 aliphatic heterocycles. The van der Waals surface area contributed by atoms with Gasteiger partial charge in [-0.1, -0.05) is 18.2 Å². The Labute approximate surface area is 217 Å². The van der Waals surface area contributed by atoms with Gasteiger partial charge >= 0.3 is 0 Å². The normalized spacial score (nSPS) is 10.4. The Morgan fingerprint density at radius 1 is 0.711 bits per heavy atom. The molecule has 0 aliphatic carbocycles. The predicted octanol–water partition coefficient (Wildman–Crippen LogP) is 3.46. The second-order valence-electron chi connectivity index (χ2n) is 8.06. The summed E-state index contributed by atoms with van der Waals surface area (Å²) < 4.78 is 11.8. The van der Waals surface area contributed by atoms with Gasteiger partial charge in [0.2, 0.25) is 5.91 Å². The first-order chi connectivity index (χ1) is 18.3. The van der Waals surface area contributed by atoms with E-state index >= 15 is 0 Å². The third-order valence-electron chi connectivity index (χ3n) is 5.65. The summed E-state index contributed by atoms with van der Waals surface area (Å²) in [4.78, 5) is 50.3. The maximum Gasteiger partial charge on any atom is 0.257 e. The van der Waals surface area contributed by atoms with Gasteiger partial charge in [-0.25, -0.2) is 0 Å². The van der Waals surface area contributed by atoms with Gasteiger partial charge in [0.25, 0.3) is 17.4 Å². The zero-order chi connectivity index (χ0) is 27.2. The van der Waals surface area contributed by atoms with Gasteiger partial charge in [-0.3, -0.25) is 23.7 Å². The summed E-state index contributed by atoms with van der Waals surface area (Å²) in [5, 5.41) is 5.42. The van der Waals surface area contributed by atoms with E-state index < -0.39 is 17.7 Å². The van der Waals surface area contributed by atoms with Crippen molar-refractivity contribution in [3.8, 4) is 17.2 Å². The summed E-state index contributed by atoms with van der Waals surface area (Å²) in [5.41, 5.74) is 6.65. The number of methoxy groups -OCH3 is 2. The van der Waals surface area contributed by atoms with Crippen LogP contribution in [0.2, 0.25) is 0 Å². The zero-order valence-electron chi connectivity index (χ0n) is 20.6. The molecule has 4 N–H and O–H groups in total. The third kappa shape index (κ3) is 5.54. The number of nitrogens with two attached hydrogens (primary N) is 1. The average molecular weight is 513 g/mol. The van der Waals surface area contributed by atoms with Gasteiger partial charge in [-0.15, -0.1) is 0 Å². The van der Waals surface area contributed by atoms with Crippen LogP contribution >= 0.6 is 0 Å². The van der Waals surface area contributed by atoms with Gasteiger partial charge in [0.05, 0.1) is 31.2 Å². The topological polar surface area (TPSA) is 142 Å². The van der Waals surface area contributed by atoms with Gasteiger partial charge in [-0.2, -0.15) is 0 Å². The molecule has 10 heteroatoms. The highest BCUT2D eigenvalue weighted by Crippen LogP contribution is 2.29. The lowest BCUT2D eigenvalue weighted by Crippen LogP contribution is -2.22. The molecule has 38 heavy (non-hydrogen) atoms. The van der Waals surface area contributed by atoms with Crippen LogP contribution in [-0.4, -0.2) is 36.5 Å². The molecule has 0 atom stereocenters. The molecule has 1 heterocycles. The van der Waals surface area contributed by atoms with Gasteiger partial charge in [0.1, 0.15) is 0 Å². The van der Waals surface area contributed by atoms with Crippen LogP contribution in [-0.2, 0) is 0 Å². The van der Waals surface area contributed by atoms with E-state index in [4.69, 9.17) is 15.2 Å². The Balaban J connectivity index is 1.64. The maximum absolute atomic E-state index is 13.1. The van der Waals surface area contributed by atoms with Crippen molar-refractivity contribution in [3.63, 3.8) is 0 Å². The van der Waals surface area contributed by atoms with E-state index in [1.807, 2.05) is 6.07 Å². The zero-order valence-corrected chi connectivity index (χ0v) is 20.6. The summed E-state index contributed by atoms with van der Waals surface area (Å²) >= 11 is 0. The highest BCUT2D eigenvalue weighted by Gasteiger charge is 2.17. The highest BCUT2D eigenvalue weighted by molar-refractivity contribution is 6.11. The lowest BCUT2D eigenvalue weighted by atomic mass is 10.1. The molecule has 0 bridgehead atoms. The molecule has 192 valence electrons. The van der Waals surface area contributed by atoms with Crippen molar-refractivity contribution < 1.29 is 23.9 Å². The number of ether oxygens (including phenoxy) is 2. The molecule has 3 aromatic carbocycles. The van der Waals surface area contributed by atoms with Crippen molar-refractivity contribution >= 4 is 29.1 Å². The first-order valence-corrected chi connectivity index (χ1v) is 11.4. The van der Waals surface area contributed by atoms with E-state index in [0.717, 1.165) is 0 Å². The maximum atomic E-state index is 13.1. The van der Waals surface area contributed by atoms with Crippen molar-refractivity contribution in [1.29, 1.82) is 0 Å². The van der Waals surface area contributed by atoms with Crippen LogP contribution < -0.4 is 31.4 Å². The Morgan fingerprint density at radius 3 is 2.03 bits per heavy atom. The van der Waals surface area contributed by atoms with Crippen molar-refractivity contribution in [2.24, 2.45) is 5.73 Å². The van der Waals surface area contributed by atoms with Gasteiger partial charge in [-0.05, 0) is 54.6 Å². The SMILES string of the molecule is COc1ccc(C(=O)Nc2cc(C(N)=O)ccc2NC(=O)c2ccc(=O)n(-c3ccccc3)c2)cc1OC. The minimum absolute atomic E-state index is 0.128. The molecule has 0 radical (unpaired) electrons. The second kappa shape index (κ2) is 11.1. The highest BCUT2D eigenvalue weighted by atomic mass is 16.5. The van der Waals surface area contributed by atoms with Gasteiger partial charge in [0, 0.05) is 29.1 Å². The Morgan fingerprint density at radius 2 is 1.34 bits per heavy atom. The van der Waals surface area contributed by atoms with Crippen molar-refractivity contribution in [1.82, 2.24) is 4.57 Å². The number of carbonyl (C=O) groups excluding carboxylic acids is 3. The molecule has 10 nitrogen and oxygen atoms in total. The summed E-state index contributed by atoms with van der Waals surface area (Å²) in [6.45, 7) is 0.